The van der Waals surface area contributed by atoms with Crippen LogP contribution in [0, 0.1) is 5.92 Å². The van der Waals surface area contributed by atoms with Crippen molar-refractivity contribution in [2.24, 2.45) is 11.1 Å². The molecule has 0 spiro atoms. The number of carbonyl (C=O) groups is 2. The van der Waals surface area contributed by atoms with Gasteiger partial charge in [0.2, 0.25) is 21.8 Å². The molecule has 154 valence electrons. The molecule has 29 heavy (non-hydrogen) atoms. The van der Waals surface area contributed by atoms with Gasteiger partial charge < -0.3 is 10.2 Å². The second-order valence-corrected chi connectivity index (χ2v) is 9.08. The first-order valence-electron chi connectivity index (χ1n) is 9.09. The number of primary sulfonamides is 1. The van der Waals surface area contributed by atoms with Crippen molar-refractivity contribution in [1.29, 1.82) is 0 Å². The highest BCUT2D eigenvalue weighted by Crippen LogP contribution is 2.24. The number of nitrogens with zero attached hydrogens (tertiary/aromatic N) is 1. The molecular weight excluding hydrogens is 414 g/mol. The van der Waals surface area contributed by atoms with E-state index in [1.807, 2.05) is 18.2 Å². The summed E-state index contributed by atoms with van der Waals surface area (Å²) in [5.41, 5.74) is 1.58. The van der Waals surface area contributed by atoms with Crippen molar-refractivity contribution in [3.8, 4) is 0 Å². The number of hydrogen-bond donors (Lipinski definition) is 2. The SMILES string of the molecule is CC(NC(=O)C1CC(=O)N(Cc2ccccc2Cl)C1)c1ccc(S(N)(=O)=O)cc1. The smallest absolute Gasteiger partial charge is 0.238 e. The van der Waals surface area contributed by atoms with Gasteiger partial charge in [-0.15, -0.1) is 0 Å². The Hall–Kier alpha value is -2.42. The van der Waals surface area contributed by atoms with Gasteiger partial charge in [-0.25, -0.2) is 13.6 Å². The van der Waals surface area contributed by atoms with Gasteiger partial charge in [0.15, 0.2) is 0 Å². The zero-order valence-corrected chi connectivity index (χ0v) is 17.4. The zero-order valence-electron chi connectivity index (χ0n) is 15.8. The second-order valence-electron chi connectivity index (χ2n) is 7.11. The molecule has 2 unspecified atom stereocenters. The van der Waals surface area contributed by atoms with Gasteiger partial charge in [-0.2, -0.15) is 0 Å². The van der Waals surface area contributed by atoms with E-state index in [1.165, 1.54) is 12.1 Å². The number of sulfonamides is 1. The lowest BCUT2D eigenvalue weighted by atomic mass is 10.1. The van der Waals surface area contributed by atoms with Crippen molar-refractivity contribution < 1.29 is 18.0 Å². The predicted octanol–water partition coefficient (Wildman–Crippen LogP) is 2.21. The molecule has 1 heterocycles. The number of halogens is 1. The van der Waals surface area contributed by atoms with E-state index in [0.717, 1.165) is 11.1 Å². The molecule has 1 aliphatic heterocycles. The van der Waals surface area contributed by atoms with Crippen LogP contribution in [0.4, 0.5) is 0 Å². The Morgan fingerprint density at radius 1 is 1.24 bits per heavy atom. The van der Waals surface area contributed by atoms with Crippen LogP contribution < -0.4 is 10.5 Å². The van der Waals surface area contributed by atoms with E-state index in [-0.39, 0.29) is 29.2 Å². The molecule has 0 aliphatic carbocycles. The third-order valence-corrected chi connectivity index (χ3v) is 6.27. The Morgan fingerprint density at radius 3 is 2.52 bits per heavy atom. The Labute approximate surface area is 174 Å². The molecule has 0 aromatic heterocycles. The first-order chi connectivity index (χ1) is 13.6. The van der Waals surface area contributed by atoms with E-state index in [0.29, 0.717) is 18.1 Å². The van der Waals surface area contributed by atoms with Crippen molar-refractivity contribution in [3.63, 3.8) is 0 Å². The highest BCUT2D eigenvalue weighted by Gasteiger charge is 2.35. The highest BCUT2D eigenvalue weighted by molar-refractivity contribution is 7.89. The number of carbonyl (C=O) groups excluding carboxylic acids is 2. The summed E-state index contributed by atoms with van der Waals surface area (Å²) in [5.74, 6) is -0.755. The van der Waals surface area contributed by atoms with Crippen LogP contribution in [0.5, 0.6) is 0 Å². The van der Waals surface area contributed by atoms with Crippen molar-refractivity contribution in [3.05, 3.63) is 64.7 Å². The molecule has 1 fully saturated rings. The minimum absolute atomic E-state index is 0.0105. The zero-order chi connectivity index (χ0) is 21.2. The number of nitrogens with one attached hydrogen (secondary N) is 1. The van der Waals surface area contributed by atoms with Crippen LogP contribution in [-0.2, 0) is 26.2 Å². The molecule has 0 bridgehead atoms. The maximum atomic E-state index is 12.6. The molecule has 2 amide bonds. The van der Waals surface area contributed by atoms with Crippen LogP contribution in [0.2, 0.25) is 5.02 Å². The molecule has 2 atom stereocenters. The maximum absolute atomic E-state index is 12.6. The monoisotopic (exact) mass is 435 g/mol. The first kappa shape index (κ1) is 21.3. The van der Waals surface area contributed by atoms with E-state index < -0.39 is 15.9 Å². The molecule has 2 aromatic carbocycles. The number of hydrogen-bond acceptors (Lipinski definition) is 4. The van der Waals surface area contributed by atoms with Gasteiger partial charge in [0.05, 0.1) is 16.9 Å². The van der Waals surface area contributed by atoms with Gasteiger partial charge in [-0.05, 0) is 36.2 Å². The van der Waals surface area contributed by atoms with E-state index >= 15 is 0 Å². The van der Waals surface area contributed by atoms with Crippen LogP contribution in [-0.4, -0.2) is 31.7 Å². The van der Waals surface area contributed by atoms with Gasteiger partial charge in [0, 0.05) is 24.5 Å². The quantitative estimate of drug-likeness (QED) is 0.724. The first-order valence-corrected chi connectivity index (χ1v) is 11.0. The Morgan fingerprint density at radius 2 is 1.90 bits per heavy atom. The normalized spacial score (nSPS) is 18.0. The van der Waals surface area contributed by atoms with E-state index in [1.54, 1.807) is 30.0 Å². The number of rotatable bonds is 6. The summed E-state index contributed by atoms with van der Waals surface area (Å²) in [6.45, 7) is 2.49. The topological polar surface area (TPSA) is 110 Å². The molecule has 3 rings (SSSR count). The van der Waals surface area contributed by atoms with Gasteiger partial charge in [-0.1, -0.05) is 41.9 Å². The lowest BCUT2D eigenvalue weighted by Crippen LogP contribution is -2.34. The maximum Gasteiger partial charge on any atom is 0.238 e. The molecule has 3 N–H and O–H groups in total. The summed E-state index contributed by atoms with van der Waals surface area (Å²) in [4.78, 5) is 26.6. The summed E-state index contributed by atoms with van der Waals surface area (Å²) < 4.78 is 22.7. The average molecular weight is 436 g/mol. The summed E-state index contributed by atoms with van der Waals surface area (Å²) >= 11 is 6.16. The third-order valence-electron chi connectivity index (χ3n) is 4.97. The van der Waals surface area contributed by atoms with Gasteiger partial charge in [0.1, 0.15) is 0 Å². The fraction of sp³-hybridized carbons (Fsp3) is 0.300. The highest BCUT2D eigenvalue weighted by atomic mass is 35.5. The lowest BCUT2D eigenvalue weighted by Gasteiger charge is -2.19. The fourth-order valence-corrected chi connectivity index (χ4v) is 4.00. The van der Waals surface area contributed by atoms with Crippen LogP contribution in [0.15, 0.2) is 53.4 Å². The minimum atomic E-state index is -3.76. The Bertz CT molecular complexity index is 1020. The Kier molecular flexibility index (Phi) is 6.26. The van der Waals surface area contributed by atoms with Crippen LogP contribution >= 0.6 is 11.6 Å². The van der Waals surface area contributed by atoms with Crippen LogP contribution in [0.1, 0.15) is 30.5 Å². The number of benzene rings is 2. The molecule has 1 aliphatic rings. The van der Waals surface area contributed by atoms with Crippen molar-refractivity contribution >= 4 is 33.4 Å². The predicted molar refractivity (Wildman–Crippen MR) is 109 cm³/mol. The number of amides is 2. The molecule has 0 saturated carbocycles. The van der Waals surface area contributed by atoms with E-state index in [4.69, 9.17) is 16.7 Å². The Balaban J connectivity index is 1.61. The van der Waals surface area contributed by atoms with Crippen molar-refractivity contribution in [2.75, 3.05) is 6.54 Å². The summed E-state index contributed by atoms with van der Waals surface area (Å²) in [5, 5.41) is 8.57. The lowest BCUT2D eigenvalue weighted by molar-refractivity contribution is -0.129. The van der Waals surface area contributed by atoms with Gasteiger partial charge in [0.25, 0.3) is 0 Å². The summed E-state index contributed by atoms with van der Waals surface area (Å²) in [6.07, 6.45) is 0.146. The number of nitrogens with two attached hydrogens (primary N) is 1. The third kappa shape index (κ3) is 5.14. The van der Waals surface area contributed by atoms with Gasteiger partial charge >= 0.3 is 0 Å². The van der Waals surface area contributed by atoms with Crippen molar-refractivity contribution in [1.82, 2.24) is 10.2 Å². The largest absolute Gasteiger partial charge is 0.349 e. The molecule has 0 radical (unpaired) electrons. The van der Waals surface area contributed by atoms with E-state index in [9.17, 15) is 18.0 Å². The van der Waals surface area contributed by atoms with Gasteiger partial charge in [-0.3, -0.25) is 9.59 Å². The molecule has 2 aromatic rings. The van der Waals surface area contributed by atoms with E-state index in [2.05, 4.69) is 5.32 Å². The number of likely N-dealkylation sites (tertiary alicyclic amines) is 1. The molecule has 1 saturated heterocycles. The van der Waals surface area contributed by atoms with Crippen LogP contribution in [0.25, 0.3) is 0 Å². The standard InChI is InChI=1S/C20H22ClN3O4S/c1-13(14-6-8-17(9-7-14)29(22,27)28)23-20(26)16-10-19(25)24(12-16)11-15-4-2-3-5-18(15)21/h2-9,13,16H,10-12H2,1H3,(H,23,26)(H2,22,27,28). The molecular formula is C20H22ClN3O4S. The average Bonchev–Trinajstić information content (AvgIpc) is 3.03. The summed E-state index contributed by atoms with van der Waals surface area (Å²) in [6, 6.07) is 13.0. The minimum Gasteiger partial charge on any atom is -0.349 e. The summed E-state index contributed by atoms with van der Waals surface area (Å²) in [7, 11) is -3.76. The molecule has 9 heteroatoms. The van der Waals surface area contributed by atoms with Crippen LogP contribution in [0.3, 0.4) is 0 Å². The second kappa shape index (κ2) is 8.52. The van der Waals surface area contributed by atoms with Crippen molar-refractivity contribution in [2.45, 2.75) is 30.8 Å². The fourth-order valence-electron chi connectivity index (χ4n) is 3.29. The molecule has 7 nitrogen and oxygen atoms in total.